The van der Waals surface area contributed by atoms with Crippen molar-refractivity contribution in [3.8, 4) is 5.75 Å². The molecule has 2 heterocycles. The van der Waals surface area contributed by atoms with Gasteiger partial charge in [0, 0.05) is 25.0 Å². The van der Waals surface area contributed by atoms with Crippen LogP contribution in [0.25, 0.3) is 0 Å². The first-order valence-electron chi connectivity index (χ1n) is 8.57. The standard InChI is InChI=1S/C18H26N2O/c1-2-5-18-16(4-1)15(8-11-21-18)12-20-10-3-9-19-17(13-20)14-6-7-14/h1-2,4-5,14-15,17,19H,3,6-13H2. The lowest BCUT2D eigenvalue weighted by atomic mass is 9.92. The molecular weight excluding hydrogens is 260 g/mol. The molecule has 1 saturated carbocycles. The van der Waals surface area contributed by atoms with Crippen molar-refractivity contribution in [2.75, 3.05) is 32.8 Å². The van der Waals surface area contributed by atoms with E-state index < -0.39 is 0 Å². The smallest absolute Gasteiger partial charge is 0.122 e. The van der Waals surface area contributed by atoms with Crippen LogP contribution in [0.2, 0.25) is 0 Å². The summed E-state index contributed by atoms with van der Waals surface area (Å²) in [5, 5.41) is 3.76. The number of hydrogen-bond acceptors (Lipinski definition) is 3. The zero-order valence-corrected chi connectivity index (χ0v) is 12.8. The summed E-state index contributed by atoms with van der Waals surface area (Å²) in [7, 11) is 0. The maximum atomic E-state index is 5.81. The molecule has 0 bridgehead atoms. The summed E-state index contributed by atoms with van der Waals surface area (Å²) in [5.74, 6) is 2.71. The van der Waals surface area contributed by atoms with Crippen molar-refractivity contribution in [3.05, 3.63) is 29.8 Å². The first kappa shape index (κ1) is 13.6. The molecule has 2 fully saturated rings. The molecule has 1 aliphatic carbocycles. The molecule has 0 amide bonds. The summed E-state index contributed by atoms with van der Waals surface area (Å²) in [6, 6.07) is 9.35. The Kier molecular flexibility index (Phi) is 3.87. The minimum atomic E-state index is 0.646. The van der Waals surface area contributed by atoms with E-state index in [1.54, 1.807) is 0 Å². The van der Waals surface area contributed by atoms with Gasteiger partial charge in [0.05, 0.1) is 6.61 Å². The van der Waals surface area contributed by atoms with E-state index in [-0.39, 0.29) is 0 Å². The molecular formula is C18H26N2O. The van der Waals surface area contributed by atoms with Gasteiger partial charge in [-0.1, -0.05) is 18.2 Å². The maximum Gasteiger partial charge on any atom is 0.122 e. The second kappa shape index (κ2) is 5.98. The Morgan fingerprint density at radius 3 is 3.00 bits per heavy atom. The number of ether oxygens (including phenoxy) is 1. The number of para-hydroxylation sites is 1. The Labute approximate surface area is 127 Å². The van der Waals surface area contributed by atoms with Gasteiger partial charge in [0.15, 0.2) is 0 Å². The zero-order valence-electron chi connectivity index (χ0n) is 12.8. The van der Waals surface area contributed by atoms with Gasteiger partial charge in [0.2, 0.25) is 0 Å². The number of nitrogens with one attached hydrogen (secondary N) is 1. The number of hydrogen-bond donors (Lipinski definition) is 1. The molecule has 0 radical (unpaired) electrons. The minimum absolute atomic E-state index is 0.646. The van der Waals surface area contributed by atoms with Crippen molar-refractivity contribution in [3.63, 3.8) is 0 Å². The lowest BCUT2D eigenvalue weighted by Crippen LogP contribution is -2.41. The van der Waals surface area contributed by atoms with E-state index in [1.807, 2.05) is 0 Å². The third-order valence-electron chi connectivity index (χ3n) is 5.26. The molecule has 1 aromatic rings. The van der Waals surface area contributed by atoms with Gasteiger partial charge in [0.1, 0.15) is 5.75 Å². The van der Waals surface area contributed by atoms with Gasteiger partial charge < -0.3 is 15.0 Å². The lowest BCUT2D eigenvalue weighted by Gasteiger charge is -2.32. The van der Waals surface area contributed by atoms with E-state index in [1.165, 1.54) is 51.0 Å². The molecule has 3 heteroatoms. The molecule has 1 N–H and O–H groups in total. The molecule has 4 rings (SSSR count). The maximum absolute atomic E-state index is 5.81. The van der Waals surface area contributed by atoms with Gasteiger partial charge in [-0.25, -0.2) is 0 Å². The van der Waals surface area contributed by atoms with E-state index in [0.29, 0.717) is 5.92 Å². The van der Waals surface area contributed by atoms with E-state index in [4.69, 9.17) is 4.74 Å². The third kappa shape index (κ3) is 3.09. The Hall–Kier alpha value is -1.06. The summed E-state index contributed by atoms with van der Waals surface area (Å²) in [6.07, 6.45) is 5.32. The highest BCUT2D eigenvalue weighted by Gasteiger charge is 2.34. The van der Waals surface area contributed by atoms with Crippen LogP contribution in [-0.4, -0.2) is 43.7 Å². The van der Waals surface area contributed by atoms with Crippen LogP contribution in [0.4, 0.5) is 0 Å². The highest BCUT2D eigenvalue weighted by molar-refractivity contribution is 5.37. The molecule has 0 aromatic heterocycles. The van der Waals surface area contributed by atoms with Crippen LogP contribution in [0, 0.1) is 5.92 Å². The van der Waals surface area contributed by atoms with Gasteiger partial charge in [-0.15, -0.1) is 0 Å². The van der Waals surface area contributed by atoms with Crippen LogP contribution in [-0.2, 0) is 0 Å². The Morgan fingerprint density at radius 1 is 1.19 bits per heavy atom. The predicted molar refractivity (Wildman–Crippen MR) is 84.9 cm³/mol. The summed E-state index contributed by atoms with van der Waals surface area (Å²) >= 11 is 0. The fraction of sp³-hybridized carbons (Fsp3) is 0.667. The van der Waals surface area contributed by atoms with Crippen LogP contribution in [0.1, 0.15) is 37.2 Å². The Morgan fingerprint density at radius 2 is 2.10 bits per heavy atom. The zero-order chi connectivity index (χ0) is 14.1. The van der Waals surface area contributed by atoms with Crippen molar-refractivity contribution >= 4 is 0 Å². The van der Waals surface area contributed by atoms with Crippen molar-refractivity contribution in [2.24, 2.45) is 5.92 Å². The molecule has 21 heavy (non-hydrogen) atoms. The van der Waals surface area contributed by atoms with Crippen LogP contribution < -0.4 is 10.1 Å². The van der Waals surface area contributed by atoms with E-state index in [2.05, 4.69) is 34.5 Å². The minimum Gasteiger partial charge on any atom is -0.493 e. The van der Waals surface area contributed by atoms with Crippen LogP contribution >= 0.6 is 0 Å². The van der Waals surface area contributed by atoms with Gasteiger partial charge in [0.25, 0.3) is 0 Å². The van der Waals surface area contributed by atoms with Gasteiger partial charge in [-0.3, -0.25) is 0 Å². The number of benzene rings is 1. The highest BCUT2D eigenvalue weighted by atomic mass is 16.5. The Balaban J connectivity index is 1.45. The lowest BCUT2D eigenvalue weighted by molar-refractivity contribution is 0.205. The average Bonchev–Trinajstić information content (AvgIpc) is 3.35. The summed E-state index contributed by atoms with van der Waals surface area (Å²) < 4.78 is 5.81. The van der Waals surface area contributed by atoms with Gasteiger partial charge >= 0.3 is 0 Å². The predicted octanol–water partition coefficient (Wildman–Crippen LogP) is 2.63. The normalized spacial score (nSPS) is 30.3. The van der Waals surface area contributed by atoms with Crippen LogP contribution in [0.3, 0.4) is 0 Å². The van der Waals surface area contributed by atoms with E-state index in [9.17, 15) is 0 Å². The number of fused-ring (bicyclic) bond motifs is 1. The van der Waals surface area contributed by atoms with Crippen molar-refractivity contribution in [1.29, 1.82) is 0 Å². The SMILES string of the molecule is c1ccc2c(c1)OCCC2CN1CCCNC(C2CC2)C1. The molecule has 2 aliphatic heterocycles. The van der Waals surface area contributed by atoms with Crippen molar-refractivity contribution < 1.29 is 4.74 Å². The molecule has 3 aliphatic rings. The van der Waals surface area contributed by atoms with E-state index in [0.717, 1.165) is 30.7 Å². The molecule has 1 aromatic carbocycles. The second-order valence-electron chi connectivity index (χ2n) is 6.88. The number of nitrogens with zero attached hydrogens (tertiary/aromatic N) is 1. The third-order valence-corrected chi connectivity index (χ3v) is 5.26. The monoisotopic (exact) mass is 286 g/mol. The molecule has 114 valence electrons. The van der Waals surface area contributed by atoms with Gasteiger partial charge in [-0.2, -0.15) is 0 Å². The van der Waals surface area contributed by atoms with Crippen molar-refractivity contribution in [1.82, 2.24) is 10.2 Å². The van der Waals surface area contributed by atoms with E-state index >= 15 is 0 Å². The summed E-state index contributed by atoms with van der Waals surface area (Å²) in [6.45, 7) is 5.76. The first-order chi connectivity index (χ1) is 10.4. The Bertz CT molecular complexity index is 486. The largest absolute Gasteiger partial charge is 0.493 e. The summed E-state index contributed by atoms with van der Waals surface area (Å²) in [4.78, 5) is 2.70. The quantitative estimate of drug-likeness (QED) is 0.924. The first-order valence-corrected chi connectivity index (χ1v) is 8.57. The molecule has 2 unspecified atom stereocenters. The molecule has 2 atom stereocenters. The topological polar surface area (TPSA) is 24.5 Å². The molecule has 1 saturated heterocycles. The van der Waals surface area contributed by atoms with Crippen LogP contribution in [0.15, 0.2) is 24.3 Å². The average molecular weight is 286 g/mol. The van der Waals surface area contributed by atoms with Crippen LogP contribution in [0.5, 0.6) is 5.75 Å². The van der Waals surface area contributed by atoms with Gasteiger partial charge in [-0.05, 0) is 56.3 Å². The van der Waals surface area contributed by atoms with Crippen molar-refractivity contribution in [2.45, 2.75) is 37.6 Å². The fourth-order valence-electron chi connectivity index (χ4n) is 3.92. The highest BCUT2D eigenvalue weighted by Crippen LogP contribution is 2.36. The molecule has 3 nitrogen and oxygen atoms in total. The molecule has 0 spiro atoms. The fourth-order valence-corrected chi connectivity index (χ4v) is 3.92. The summed E-state index contributed by atoms with van der Waals surface area (Å²) in [5.41, 5.74) is 1.42. The second-order valence-corrected chi connectivity index (χ2v) is 6.88. The number of rotatable bonds is 3.